The fourth-order valence-corrected chi connectivity index (χ4v) is 4.56. The largest absolute Gasteiger partial charge is 0.497 e. The van der Waals surface area contributed by atoms with Crippen LogP contribution in [-0.2, 0) is 16.7 Å². The smallest absolute Gasteiger partial charge is 0.339 e. The molecule has 6 nitrogen and oxygen atoms in total. The molecule has 0 aliphatic heterocycles. The Kier molecular flexibility index (Phi) is 7.35. The first-order valence-corrected chi connectivity index (χ1v) is 12.1. The molecule has 0 aliphatic carbocycles. The lowest BCUT2D eigenvalue weighted by molar-refractivity contribution is 0.0676. The topological polar surface area (TPSA) is 72.9 Å². The third-order valence-electron chi connectivity index (χ3n) is 4.95. The van der Waals surface area contributed by atoms with Gasteiger partial charge in [-0.2, -0.15) is 8.42 Å². The van der Waals surface area contributed by atoms with Crippen LogP contribution in [-0.4, -0.2) is 32.4 Å². The quantitative estimate of drug-likeness (QED) is 0.423. The van der Waals surface area contributed by atoms with E-state index in [0.29, 0.717) is 17.2 Å². The molecule has 2 aromatic carbocycles. The third-order valence-corrected chi connectivity index (χ3v) is 7.07. The van der Waals surface area contributed by atoms with Gasteiger partial charge in [0, 0.05) is 12.6 Å². The van der Waals surface area contributed by atoms with Crippen molar-refractivity contribution in [1.29, 1.82) is 0 Å². The van der Waals surface area contributed by atoms with Crippen LogP contribution >= 0.6 is 11.3 Å². The van der Waals surface area contributed by atoms with Crippen LogP contribution in [0.25, 0.3) is 0 Å². The molecular weight excluding hydrogens is 434 g/mol. The number of ether oxygens (including phenoxy) is 1. The number of nitrogens with zero attached hydrogens (tertiary/aromatic N) is 1. The maximum atomic E-state index is 12.9. The van der Waals surface area contributed by atoms with Crippen molar-refractivity contribution in [2.24, 2.45) is 0 Å². The maximum absolute atomic E-state index is 12.9. The lowest BCUT2D eigenvalue weighted by atomic mass is 10.1. The van der Waals surface area contributed by atoms with E-state index in [2.05, 4.69) is 0 Å². The van der Waals surface area contributed by atoms with Crippen molar-refractivity contribution in [1.82, 2.24) is 4.90 Å². The lowest BCUT2D eigenvalue weighted by Gasteiger charge is -2.28. The summed E-state index contributed by atoms with van der Waals surface area (Å²) >= 11 is 1.42. The molecule has 1 aromatic heterocycles. The van der Waals surface area contributed by atoms with Crippen LogP contribution in [0.1, 0.15) is 35.5 Å². The Bertz CT molecular complexity index is 1090. The van der Waals surface area contributed by atoms with Gasteiger partial charge in [-0.3, -0.25) is 4.79 Å². The first-order chi connectivity index (χ1) is 14.8. The van der Waals surface area contributed by atoms with Crippen LogP contribution < -0.4 is 8.92 Å². The first kappa shape index (κ1) is 22.8. The maximum Gasteiger partial charge on any atom is 0.339 e. The summed E-state index contributed by atoms with van der Waals surface area (Å²) < 4.78 is 35.3. The fourth-order valence-electron chi connectivity index (χ4n) is 2.95. The van der Waals surface area contributed by atoms with Crippen LogP contribution in [0.3, 0.4) is 0 Å². The highest BCUT2D eigenvalue weighted by molar-refractivity contribution is 7.87. The van der Waals surface area contributed by atoms with E-state index in [4.69, 9.17) is 8.92 Å². The van der Waals surface area contributed by atoms with Crippen molar-refractivity contribution < 1.29 is 22.1 Å². The van der Waals surface area contributed by atoms with Crippen LogP contribution in [0.4, 0.5) is 0 Å². The van der Waals surface area contributed by atoms with E-state index in [0.717, 1.165) is 12.0 Å². The Morgan fingerprint density at radius 3 is 2.23 bits per heavy atom. The zero-order chi connectivity index (χ0) is 22.4. The normalized spacial score (nSPS) is 12.2. The van der Waals surface area contributed by atoms with E-state index < -0.39 is 10.1 Å². The Morgan fingerprint density at radius 1 is 1.03 bits per heavy atom. The second-order valence-electron chi connectivity index (χ2n) is 7.02. The number of benzene rings is 2. The fraction of sp³-hybridized carbons (Fsp3) is 0.261. The standard InChI is InChI=1S/C23H25NO5S2/c1-4-17(2)24(23(25)22-6-5-15-30-22)16-18-7-9-20(10-8-18)29-31(26,27)21-13-11-19(28-3)12-14-21/h5-15,17H,4,16H2,1-3H3. The minimum atomic E-state index is -3.95. The summed E-state index contributed by atoms with van der Waals surface area (Å²) in [4.78, 5) is 15.5. The second-order valence-corrected chi connectivity index (χ2v) is 9.52. The van der Waals surface area contributed by atoms with Gasteiger partial charge < -0.3 is 13.8 Å². The summed E-state index contributed by atoms with van der Waals surface area (Å²) in [6.45, 7) is 4.49. The molecule has 0 spiro atoms. The van der Waals surface area contributed by atoms with Gasteiger partial charge in [0.15, 0.2) is 0 Å². The van der Waals surface area contributed by atoms with Gasteiger partial charge in [-0.1, -0.05) is 25.1 Å². The molecule has 0 radical (unpaired) electrons. The van der Waals surface area contributed by atoms with Gasteiger partial charge >= 0.3 is 10.1 Å². The van der Waals surface area contributed by atoms with Gasteiger partial charge in [-0.15, -0.1) is 11.3 Å². The molecule has 3 aromatic rings. The molecule has 31 heavy (non-hydrogen) atoms. The summed E-state index contributed by atoms with van der Waals surface area (Å²) in [6, 6.07) is 16.5. The first-order valence-electron chi connectivity index (χ1n) is 9.86. The van der Waals surface area contributed by atoms with Gasteiger partial charge in [0.05, 0.1) is 12.0 Å². The minimum absolute atomic E-state index is 0.00763. The van der Waals surface area contributed by atoms with E-state index in [-0.39, 0.29) is 22.6 Å². The van der Waals surface area contributed by atoms with Gasteiger partial charge in [0.1, 0.15) is 16.4 Å². The highest BCUT2D eigenvalue weighted by atomic mass is 32.2. The van der Waals surface area contributed by atoms with Crippen LogP contribution in [0.15, 0.2) is 70.9 Å². The van der Waals surface area contributed by atoms with E-state index in [1.165, 1.54) is 30.6 Å². The summed E-state index contributed by atoms with van der Waals surface area (Å²) in [5.41, 5.74) is 0.888. The monoisotopic (exact) mass is 459 g/mol. The number of hydrogen-bond acceptors (Lipinski definition) is 6. The molecule has 1 atom stereocenters. The summed E-state index contributed by atoms with van der Waals surface area (Å²) in [7, 11) is -2.44. The number of amides is 1. The molecule has 164 valence electrons. The third kappa shape index (κ3) is 5.65. The summed E-state index contributed by atoms with van der Waals surface area (Å²) in [6.07, 6.45) is 0.832. The second kappa shape index (κ2) is 9.98. The summed E-state index contributed by atoms with van der Waals surface area (Å²) in [5, 5.41) is 1.89. The molecule has 1 unspecified atom stereocenters. The number of methoxy groups -OCH3 is 1. The Balaban J connectivity index is 1.73. The molecule has 0 saturated carbocycles. The molecule has 0 fully saturated rings. The minimum Gasteiger partial charge on any atom is -0.497 e. The highest BCUT2D eigenvalue weighted by Crippen LogP contribution is 2.23. The Labute approximate surface area is 187 Å². The Morgan fingerprint density at radius 2 is 1.68 bits per heavy atom. The van der Waals surface area contributed by atoms with Crippen molar-refractivity contribution in [2.75, 3.05) is 7.11 Å². The molecule has 0 aliphatic rings. The van der Waals surface area contributed by atoms with Crippen LogP contribution in [0, 0.1) is 0 Å². The van der Waals surface area contributed by atoms with Crippen molar-refractivity contribution in [2.45, 2.75) is 37.8 Å². The average Bonchev–Trinajstić information content (AvgIpc) is 3.32. The summed E-state index contributed by atoms with van der Waals surface area (Å²) in [5.74, 6) is 0.761. The van der Waals surface area contributed by atoms with E-state index in [1.54, 1.807) is 36.4 Å². The average molecular weight is 460 g/mol. The number of hydrogen-bond donors (Lipinski definition) is 0. The molecule has 0 bridgehead atoms. The number of carbonyl (C=O) groups is 1. The van der Waals surface area contributed by atoms with Gasteiger partial charge in [-0.05, 0) is 66.8 Å². The SMILES string of the molecule is CCC(C)N(Cc1ccc(OS(=O)(=O)c2ccc(OC)cc2)cc1)C(=O)c1cccs1. The zero-order valence-electron chi connectivity index (χ0n) is 17.6. The molecule has 1 amide bonds. The molecule has 3 rings (SSSR count). The lowest BCUT2D eigenvalue weighted by Crippen LogP contribution is -2.37. The van der Waals surface area contributed by atoms with Crippen molar-refractivity contribution in [3.05, 3.63) is 76.5 Å². The number of carbonyl (C=O) groups excluding carboxylic acids is 1. The van der Waals surface area contributed by atoms with Gasteiger partial charge in [-0.25, -0.2) is 0 Å². The Hall–Kier alpha value is -2.84. The number of rotatable bonds is 9. The van der Waals surface area contributed by atoms with Crippen molar-refractivity contribution >= 4 is 27.4 Å². The van der Waals surface area contributed by atoms with E-state index in [1.807, 2.05) is 36.3 Å². The molecule has 8 heteroatoms. The van der Waals surface area contributed by atoms with Crippen molar-refractivity contribution in [3.8, 4) is 11.5 Å². The van der Waals surface area contributed by atoms with Crippen LogP contribution in [0.5, 0.6) is 11.5 Å². The van der Waals surface area contributed by atoms with E-state index in [9.17, 15) is 13.2 Å². The molecule has 1 heterocycles. The molecular formula is C23H25NO5S2. The zero-order valence-corrected chi connectivity index (χ0v) is 19.3. The molecule has 0 saturated heterocycles. The molecule has 0 N–H and O–H groups in total. The van der Waals surface area contributed by atoms with Crippen LogP contribution in [0.2, 0.25) is 0 Å². The van der Waals surface area contributed by atoms with Crippen molar-refractivity contribution in [3.63, 3.8) is 0 Å². The number of thiophene rings is 1. The predicted molar refractivity (Wildman–Crippen MR) is 121 cm³/mol. The van der Waals surface area contributed by atoms with Gasteiger partial charge in [0.25, 0.3) is 5.91 Å². The highest BCUT2D eigenvalue weighted by Gasteiger charge is 2.22. The van der Waals surface area contributed by atoms with E-state index >= 15 is 0 Å². The van der Waals surface area contributed by atoms with Gasteiger partial charge in [0.2, 0.25) is 0 Å². The predicted octanol–water partition coefficient (Wildman–Crippen LogP) is 4.97.